The lowest BCUT2D eigenvalue weighted by molar-refractivity contribution is 0.447. The van der Waals surface area contributed by atoms with Gasteiger partial charge < -0.3 is 14.6 Å². The first-order chi connectivity index (χ1) is 9.56. The summed E-state index contributed by atoms with van der Waals surface area (Å²) in [6, 6.07) is 10.6. The Hall–Kier alpha value is -2.46. The van der Waals surface area contributed by atoms with Gasteiger partial charge in [0.1, 0.15) is 11.3 Å². The summed E-state index contributed by atoms with van der Waals surface area (Å²) in [5, 5.41) is 20.2. The van der Waals surface area contributed by atoms with Crippen LogP contribution in [0.1, 0.15) is 0 Å². The number of benzene rings is 2. The molecule has 0 spiro atoms. The number of rotatable bonds is 1. The van der Waals surface area contributed by atoms with Crippen LogP contribution >= 0.6 is 11.6 Å². The maximum absolute atomic E-state index is 12.1. The largest absolute Gasteiger partial charge is 0.508 e. The van der Waals surface area contributed by atoms with Gasteiger partial charge in [0.05, 0.1) is 5.39 Å². The molecule has 100 valence electrons. The fourth-order valence-electron chi connectivity index (χ4n) is 1.97. The average molecular weight is 289 g/mol. The SMILES string of the molecule is O=c1c(O)c(-c2ccc(Cl)cc2)oc2cc(O)ccc12. The van der Waals surface area contributed by atoms with Gasteiger partial charge in [-0.05, 0) is 36.4 Å². The van der Waals surface area contributed by atoms with Crippen molar-refractivity contribution in [2.45, 2.75) is 0 Å². The first kappa shape index (κ1) is 12.6. The summed E-state index contributed by atoms with van der Waals surface area (Å²) in [4.78, 5) is 12.1. The Morgan fingerprint density at radius 2 is 1.70 bits per heavy atom. The van der Waals surface area contributed by atoms with Crippen LogP contribution in [0.3, 0.4) is 0 Å². The molecule has 4 nitrogen and oxygen atoms in total. The van der Waals surface area contributed by atoms with E-state index in [4.69, 9.17) is 16.0 Å². The summed E-state index contributed by atoms with van der Waals surface area (Å²) < 4.78 is 5.53. The van der Waals surface area contributed by atoms with Crippen LogP contribution in [-0.4, -0.2) is 10.2 Å². The van der Waals surface area contributed by atoms with Crippen molar-refractivity contribution in [2.24, 2.45) is 0 Å². The molecule has 0 aliphatic heterocycles. The molecule has 0 atom stereocenters. The second kappa shape index (κ2) is 4.58. The Labute approximate surface area is 118 Å². The molecule has 0 unspecified atom stereocenters. The van der Waals surface area contributed by atoms with E-state index >= 15 is 0 Å². The van der Waals surface area contributed by atoms with E-state index in [0.717, 1.165) is 0 Å². The predicted molar refractivity (Wildman–Crippen MR) is 76.3 cm³/mol. The Balaban J connectivity index is 2.33. The fraction of sp³-hybridized carbons (Fsp3) is 0. The topological polar surface area (TPSA) is 70.7 Å². The summed E-state index contributed by atoms with van der Waals surface area (Å²) in [5.41, 5.74) is 0.184. The quantitative estimate of drug-likeness (QED) is 0.718. The number of halogens is 1. The number of aromatic hydroxyl groups is 2. The van der Waals surface area contributed by atoms with Gasteiger partial charge >= 0.3 is 0 Å². The van der Waals surface area contributed by atoms with Crippen LogP contribution in [0.25, 0.3) is 22.3 Å². The van der Waals surface area contributed by atoms with Gasteiger partial charge in [-0.25, -0.2) is 0 Å². The molecule has 2 aromatic carbocycles. The van der Waals surface area contributed by atoms with Crippen LogP contribution in [0.2, 0.25) is 5.02 Å². The molecule has 5 heteroatoms. The van der Waals surface area contributed by atoms with Crippen molar-refractivity contribution in [1.82, 2.24) is 0 Å². The minimum Gasteiger partial charge on any atom is -0.508 e. The number of phenols is 1. The highest BCUT2D eigenvalue weighted by molar-refractivity contribution is 6.30. The molecule has 3 rings (SSSR count). The lowest BCUT2D eigenvalue weighted by Gasteiger charge is -2.06. The molecule has 0 saturated heterocycles. The van der Waals surface area contributed by atoms with E-state index < -0.39 is 11.2 Å². The summed E-state index contributed by atoms with van der Waals surface area (Å²) in [6.07, 6.45) is 0. The fourth-order valence-corrected chi connectivity index (χ4v) is 2.09. The van der Waals surface area contributed by atoms with E-state index in [9.17, 15) is 15.0 Å². The van der Waals surface area contributed by atoms with Crippen molar-refractivity contribution in [1.29, 1.82) is 0 Å². The van der Waals surface area contributed by atoms with E-state index in [0.29, 0.717) is 10.6 Å². The molecule has 0 bridgehead atoms. The lowest BCUT2D eigenvalue weighted by Crippen LogP contribution is -2.02. The zero-order chi connectivity index (χ0) is 14.3. The highest BCUT2D eigenvalue weighted by atomic mass is 35.5. The number of hydrogen-bond donors (Lipinski definition) is 2. The summed E-state index contributed by atoms with van der Waals surface area (Å²) in [5.74, 6) is -0.441. The molecular formula is C15H9ClO4. The van der Waals surface area contributed by atoms with Crippen molar-refractivity contribution in [2.75, 3.05) is 0 Å². The summed E-state index contributed by atoms with van der Waals surface area (Å²) >= 11 is 5.80. The van der Waals surface area contributed by atoms with Crippen molar-refractivity contribution < 1.29 is 14.6 Å². The number of phenolic OH excluding ortho intramolecular Hbond substituents is 1. The van der Waals surface area contributed by atoms with E-state index in [1.807, 2.05) is 0 Å². The van der Waals surface area contributed by atoms with E-state index in [2.05, 4.69) is 0 Å². The highest BCUT2D eigenvalue weighted by Crippen LogP contribution is 2.31. The zero-order valence-electron chi connectivity index (χ0n) is 10.1. The predicted octanol–water partition coefficient (Wildman–Crippen LogP) is 3.52. The smallest absolute Gasteiger partial charge is 0.235 e. The third-order valence-electron chi connectivity index (χ3n) is 2.96. The van der Waals surface area contributed by atoms with Gasteiger partial charge in [0, 0.05) is 16.7 Å². The van der Waals surface area contributed by atoms with E-state index in [1.54, 1.807) is 24.3 Å². The normalized spacial score (nSPS) is 10.8. The van der Waals surface area contributed by atoms with Gasteiger partial charge in [-0.1, -0.05) is 11.6 Å². The van der Waals surface area contributed by atoms with Crippen molar-refractivity contribution in [3.63, 3.8) is 0 Å². The maximum Gasteiger partial charge on any atom is 0.235 e. The minimum atomic E-state index is -0.545. The molecular weight excluding hydrogens is 280 g/mol. The van der Waals surface area contributed by atoms with Gasteiger partial charge in [0.15, 0.2) is 5.76 Å². The monoisotopic (exact) mass is 288 g/mol. The Morgan fingerprint density at radius 3 is 2.40 bits per heavy atom. The molecule has 1 aromatic heterocycles. The van der Waals surface area contributed by atoms with Gasteiger partial charge in [0.2, 0.25) is 11.2 Å². The summed E-state index contributed by atoms with van der Waals surface area (Å²) in [7, 11) is 0. The minimum absolute atomic E-state index is 0.0200. The summed E-state index contributed by atoms with van der Waals surface area (Å²) in [6.45, 7) is 0. The van der Waals surface area contributed by atoms with Gasteiger partial charge in [-0.3, -0.25) is 4.79 Å². The zero-order valence-corrected chi connectivity index (χ0v) is 10.9. The van der Waals surface area contributed by atoms with Gasteiger partial charge in [-0.2, -0.15) is 0 Å². The third kappa shape index (κ3) is 2.00. The molecule has 0 amide bonds. The standard InChI is InChI=1S/C15H9ClO4/c16-9-3-1-8(2-4-9)15-14(19)13(18)11-6-5-10(17)7-12(11)20-15/h1-7,17,19H. The Morgan fingerprint density at radius 1 is 1.00 bits per heavy atom. The lowest BCUT2D eigenvalue weighted by atomic mass is 10.1. The maximum atomic E-state index is 12.1. The molecule has 2 N–H and O–H groups in total. The van der Waals surface area contributed by atoms with Gasteiger partial charge in [-0.15, -0.1) is 0 Å². The van der Waals surface area contributed by atoms with E-state index in [-0.39, 0.29) is 22.5 Å². The van der Waals surface area contributed by atoms with Crippen LogP contribution in [0, 0.1) is 0 Å². The van der Waals surface area contributed by atoms with Crippen molar-refractivity contribution in [3.8, 4) is 22.8 Å². The number of hydrogen-bond acceptors (Lipinski definition) is 4. The van der Waals surface area contributed by atoms with Crippen molar-refractivity contribution in [3.05, 3.63) is 57.7 Å². The molecule has 0 fully saturated rings. The van der Waals surface area contributed by atoms with Gasteiger partial charge in [0.25, 0.3) is 0 Å². The average Bonchev–Trinajstić information content (AvgIpc) is 2.44. The Kier molecular flexibility index (Phi) is 2.88. The Bertz CT molecular complexity index is 850. The first-order valence-electron chi connectivity index (χ1n) is 5.81. The molecule has 20 heavy (non-hydrogen) atoms. The van der Waals surface area contributed by atoms with Crippen molar-refractivity contribution >= 4 is 22.6 Å². The molecule has 3 aromatic rings. The van der Waals surface area contributed by atoms with Crippen LogP contribution in [0.15, 0.2) is 51.7 Å². The van der Waals surface area contributed by atoms with Crippen LogP contribution < -0.4 is 5.43 Å². The molecule has 0 aliphatic rings. The third-order valence-corrected chi connectivity index (χ3v) is 3.21. The molecule has 0 aliphatic carbocycles. The molecule has 1 heterocycles. The van der Waals surface area contributed by atoms with Crippen LogP contribution in [0.4, 0.5) is 0 Å². The highest BCUT2D eigenvalue weighted by Gasteiger charge is 2.15. The second-order valence-electron chi connectivity index (χ2n) is 4.30. The first-order valence-corrected chi connectivity index (χ1v) is 6.19. The van der Waals surface area contributed by atoms with E-state index in [1.165, 1.54) is 18.2 Å². The molecule has 0 radical (unpaired) electrons. The van der Waals surface area contributed by atoms with Crippen LogP contribution in [0.5, 0.6) is 11.5 Å². The molecule has 0 saturated carbocycles. The second-order valence-corrected chi connectivity index (χ2v) is 4.73. The number of fused-ring (bicyclic) bond motifs is 1. The van der Waals surface area contributed by atoms with Crippen LogP contribution in [-0.2, 0) is 0 Å².